The van der Waals surface area contributed by atoms with Crippen LogP contribution in [0.15, 0.2) is 40.2 Å². The molecule has 1 saturated heterocycles. The molecule has 2 aromatic rings. The predicted octanol–water partition coefficient (Wildman–Crippen LogP) is 5.97. The number of aliphatic hydroxyl groups excluding tert-OH is 1. The Morgan fingerprint density at radius 3 is 2.27 bits per heavy atom. The standard InChI is InChI=1S/C32H41F4N5O3S/c1-18-13-39(14-19(2)41(18)30(43)44-31(3,4)5)28-23-12-24(32(34,35)36)25(21-8-10-22(33)11-9-21)27-26(23)40(29(42)37-28)16-20(17-45-27)15-38(6)7/h8-12,18-20,29,42H,13-17H2,1-7H3/t18-,19+,20?,29?. The lowest BCUT2D eigenvalue weighted by molar-refractivity contribution is -0.137. The average molecular weight is 652 g/mol. The van der Waals surface area contributed by atoms with E-state index in [9.17, 15) is 27.5 Å². The zero-order valence-electron chi connectivity index (χ0n) is 26.7. The highest BCUT2D eigenvalue weighted by molar-refractivity contribution is 7.99. The van der Waals surface area contributed by atoms with Crippen LogP contribution in [0, 0.1) is 11.7 Å². The summed E-state index contributed by atoms with van der Waals surface area (Å²) in [4.78, 5) is 25.3. The molecule has 4 atom stereocenters. The highest BCUT2D eigenvalue weighted by Crippen LogP contribution is 2.51. The fourth-order valence-corrected chi connectivity index (χ4v) is 7.85. The Morgan fingerprint density at radius 1 is 1.09 bits per heavy atom. The van der Waals surface area contributed by atoms with Crippen molar-refractivity contribution in [1.29, 1.82) is 0 Å². The number of amidine groups is 1. The Hall–Kier alpha value is -3.03. The molecule has 1 N–H and O–H groups in total. The SMILES string of the molecule is C[C@@H]1CN(C2=NC(O)N3CC(CN(C)C)CSc4c(-c5ccc(F)cc5)c(C(F)(F)F)cc2c43)C[C@H](C)N1C(=O)OC(C)(C)C. The minimum Gasteiger partial charge on any atom is -0.444 e. The van der Waals surface area contributed by atoms with E-state index in [2.05, 4.69) is 4.99 Å². The molecular weight excluding hydrogens is 610 g/mol. The highest BCUT2D eigenvalue weighted by atomic mass is 32.2. The number of ether oxygens (including phenoxy) is 1. The van der Waals surface area contributed by atoms with E-state index in [0.29, 0.717) is 29.4 Å². The third-order valence-electron chi connectivity index (χ3n) is 8.10. The Bertz CT molecular complexity index is 1450. The molecule has 2 unspecified atom stereocenters. The molecule has 13 heteroatoms. The summed E-state index contributed by atoms with van der Waals surface area (Å²) in [6.07, 6.45) is -6.52. The maximum absolute atomic E-state index is 14.9. The first kappa shape index (κ1) is 33.3. The van der Waals surface area contributed by atoms with Crippen LogP contribution in [0.2, 0.25) is 0 Å². The Balaban J connectivity index is 1.65. The summed E-state index contributed by atoms with van der Waals surface area (Å²) in [6.45, 7) is 10.7. The average Bonchev–Trinajstić information content (AvgIpc) is 3.09. The van der Waals surface area contributed by atoms with Crippen LogP contribution in [0.3, 0.4) is 0 Å². The van der Waals surface area contributed by atoms with Gasteiger partial charge in [0.25, 0.3) is 0 Å². The maximum Gasteiger partial charge on any atom is 0.417 e. The van der Waals surface area contributed by atoms with Crippen molar-refractivity contribution < 1.29 is 32.2 Å². The molecule has 3 aliphatic rings. The van der Waals surface area contributed by atoms with Crippen LogP contribution in [0.5, 0.6) is 0 Å². The molecule has 5 rings (SSSR count). The molecule has 0 spiro atoms. The molecule has 0 aromatic heterocycles. The first-order chi connectivity index (χ1) is 20.9. The highest BCUT2D eigenvalue weighted by Gasteiger charge is 2.44. The van der Waals surface area contributed by atoms with Gasteiger partial charge < -0.3 is 24.5 Å². The lowest BCUT2D eigenvalue weighted by atomic mass is 9.92. The van der Waals surface area contributed by atoms with E-state index in [-0.39, 0.29) is 53.6 Å². The first-order valence-corrected chi connectivity index (χ1v) is 16.0. The van der Waals surface area contributed by atoms with Crippen molar-refractivity contribution in [3.63, 3.8) is 0 Å². The second-order valence-electron chi connectivity index (χ2n) is 13.4. The van der Waals surface area contributed by atoms with Crippen LogP contribution < -0.4 is 4.90 Å². The van der Waals surface area contributed by atoms with Crippen molar-refractivity contribution in [3.05, 3.63) is 47.3 Å². The number of carbonyl (C=O) groups is 1. The predicted molar refractivity (Wildman–Crippen MR) is 168 cm³/mol. The number of halogens is 4. The van der Waals surface area contributed by atoms with Gasteiger partial charge in [-0.2, -0.15) is 13.2 Å². The lowest BCUT2D eigenvalue weighted by Crippen LogP contribution is -2.61. The Labute approximate surface area is 266 Å². The lowest BCUT2D eigenvalue weighted by Gasteiger charge is -2.47. The van der Waals surface area contributed by atoms with E-state index >= 15 is 0 Å². The number of rotatable bonds is 3. The first-order valence-electron chi connectivity index (χ1n) is 15.1. The zero-order chi connectivity index (χ0) is 33.0. The summed E-state index contributed by atoms with van der Waals surface area (Å²) in [7, 11) is 3.87. The molecule has 1 fully saturated rings. The molecule has 3 heterocycles. The van der Waals surface area contributed by atoms with Crippen molar-refractivity contribution in [2.75, 3.05) is 50.9 Å². The maximum atomic E-state index is 14.9. The van der Waals surface area contributed by atoms with E-state index in [1.807, 2.05) is 37.7 Å². The van der Waals surface area contributed by atoms with Crippen LogP contribution in [0.1, 0.15) is 45.7 Å². The van der Waals surface area contributed by atoms with Gasteiger partial charge in [-0.1, -0.05) is 12.1 Å². The number of aliphatic hydroxyl groups is 1. The number of benzene rings is 2. The molecular formula is C32H41F4N5O3S. The van der Waals surface area contributed by atoms with Crippen LogP contribution >= 0.6 is 11.8 Å². The minimum absolute atomic E-state index is 0.0180. The van der Waals surface area contributed by atoms with Crippen LogP contribution in [-0.2, 0) is 10.9 Å². The number of hydrogen-bond acceptors (Lipinski definition) is 8. The number of amides is 1. The van der Waals surface area contributed by atoms with E-state index in [1.165, 1.54) is 23.9 Å². The summed E-state index contributed by atoms with van der Waals surface area (Å²) < 4.78 is 64.4. The van der Waals surface area contributed by atoms with Gasteiger partial charge in [0.1, 0.15) is 17.3 Å². The molecule has 0 saturated carbocycles. The van der Waals surface area contributed by atoms with Gasteiger partial charge in [-0.05, 0) is 78.4 Å². The van der Waals surface area contributed by atoms with E-state index in [0.717, 1.165) is 18.2 Å². The van der Waals surface area contributed by atoms with E-state index in [4.69, 9.17) is 4.74 Å². The van der Waals surface area contributed by atoms with Gasteiger partial charge in [-0.3, -0.25) is 4.90 Å². The number of carbonyl (C=O) groups excluding carboxylic acids is 1. The monoisotopic (exact) mass is 651 g/mol. The van der Waals surface area contributed by atoms with Crippen LogP contribution in [0.25, 0.3) is 11.1 Å². The zero-order valence-corrected chi connectivity index (χ0v) is 27.5. The fourth-order valence-electron chi connectivity index (χ4n) is 6.50. The minimum atomic E-state index is -4.73. The topological polar surface area (TPSA) is 71.9 Å². The fraction of sp³-hybridized carbons (Fsp3) is 0.562. The van der Waals surface area contributed by atoms with Gasteiger partial charge in [0, 0.05) is 48.0 Å². The van der Waals surface area contributed by atoms with Crippen molar-refractivity contribution in [1.82, 2.24) is 14.7 Å². The summed E-state index contributed by atoms with van der Waals surface area (Å²) in [5, 5.41) is 11.5. The van der Waals surface area contributed by atoms with Gasteiger partial charge in [-0.15, -0.1) is 11.8 Å². The number of hydrogen-bond donors (Lipinski definition) is 1. The molecule has 246 valence electrons. The number of piperazine rings is 1. The summed E-state index contributed by atoms with van der Waals surface area (Å²) >= 11 is 1.33. The summed E-state index contributed by atoms with van der Waals surface area (Å²) in [6, 6.07) is 5.47. The smallest absolute Gasteiger partial charge is 0.417 e. The number of aliphatic imine (C=N–C) groups is 1. The number of thioether (sulfide) groups is 1. The van der Waals surface area contributed by atoms with Crippen LogP contribution in [0.4, 0.5) is 28.0 Å². The van der Waals surface area contributed by atoms with E-state index in [1.54, 1.807) is 30.6 Å². The van der Waals surface area contributed by atoms with Crippen molar-refractivity contribution >= 4 is 29.4 Å². The van der Waals surface area contributed by atoms with Crippen molar-refractivity contribution in [2.45, 2.75) is 69.7 Å². The third-order valence-corrected chi connectivity index (χ3v) is 9.43. The Kier molecular flexibility index (Phi) is 9.11. The van der Waals surface area contributed by atoms with Crippen LogP contribution in [-0.4, -0.2) is 102 Å². The molecule has 8 nitrogen and oxygen atoms in total. The van der Waals surface area contributed by atoms with E-state index < -0.39 is 35.6 Å². The largest absolute Gasteiger partial charge is 0.444 e. The second-order valence-corrected chi connectivity index (χ2v) is 14.4. The molecule has 3 aliphatic heterocycles. The molecule has 45 heavy (non-hydrogen) atoms. The van der Waals surface area contributed by atoms with Gasteiger partial charge in [0.15, 0.2) is 0 Å². The quantitative estimate of drug-likeness (QED) is 0.411. The number of anilines is 1. The Morgan fingerprint density at radius 2 is 1.71 bits per heavy atom. The third kappa shape index (κ3) is 6.90. The number of alkyl halides is 3. The van der Waals surface area contributed by atoms with Crippen molar-refractivity contribution in [2.24, 2.45) is 10.9 Å². The molecule has 2 aromatic carbocycles. The number of nitrogens with zero attached hydrogens (tertiary/aromatic N) is 5. The molecule has 1 amide bonds. The van der Waals surface area contributed by atoms with Gasteiger partial charge >= 0.3 is 12.3 Å². The normalized spacial score (nSPS) is 23.9. The van der Waals surface area contributed by atoms with Crippen molar-refractivity contribution in [3.8, 4) is 11.1 Å². The molecule has 0 radical (unpaired) electrons. The molecule has 0 bridgehead atoms. The van der Waals surface area contributed by atoms with Gasteiger partial charge in [-0.25, -0.2) is 14.2 Å². The molecule has 0 aliphatic carbocycles. The van der Waals surface area contributed by atoms with Gasteiger partial charge in [0.2, 0.25) is 6.35 Å². The second kappa shape index (κ2) is 12.3. The van der Waals surface area contributed by atoms with Gasteiger partial charge in [0.05, 0.1) is 23.3 Å². The summed E-state index contributed by atoms with van der Waals surface area (Å²) in [5.41, 5.74) is -0.566. The summed E-state index contributed by atoms with van der Waals surface area (Å²) in [5.74, 6) is 0.237.